The van der Waals surface area contributed by atoms with Gasteiger partial charge in [0.05, 0.1) is 11.8 Å². The molecular weight excluding hydrogens is 302 g/mol. The first-order valence-corrected chi connectivity index (χ1v) is 9.27. The van der Waals surface area contributed by atoms with Crippen LogP contribution in [0.3, 0.4) is 0 Å². The molecule has 1 aromatic heterocycles. The van der Waals surface area contributed by atoms with Crippen molar-refractivity contribution < 1.29 is 4.79 Å². The molecule has 6 nitrogen and oxygen atoms in total. The molecule has 0 aromatic carbocycles. The smallest absolute Gasteiger partial charge is 0.257 e. The summed E-state index contributed by atoms with van der Waals surface area (Å²) in [7, 11) is 2.21. The molecule has 1 amide bonds. The summed E-state index contributed by atoms with van der Waals surface area (Å²) >= 11 is 0. The van der Waals surface area contributed by atoms with E-state index in [9.17, 15) is 4.79 Å². The SMILES string of the molecule is CC(C)Cn1cc(C(=O)N2CCN(C3CCCN(C)C3)CC2)cn1. The van der Waals surface area contributed by atoms with Gasteiger partial charge < -0.3 is 9.80 Å². The Morgan fingerprint density at radius 3 is 2.67 bits per heavy atom. The van der Waals surface area contributed by atoms with Gasteiger partial charge in [0.1, 0.15) is 0 Å². The summed E-state index contributed by atoms with van der Waals surface area (Å²) in [5.74, 6) is 0.662. The Labute approximate surface area is 145 Å². The Morgan fingerprint density at radius 1 is 1.25 bits per heavy atom. The third kappa shape index (κ3) is 4.16. The first kappa shape index (κ1) is 17.4. The number of piperazine rings is 1. The van der Waals surface area contributed by atoms with Crippen molar-refractivity contribution in [2.75, 3.05) is 46.3 Å². The molecule has 0 spiro atoms. The number of carbonyl (C=O) groups is 1. The Kier molecular flexibility index (Phi) is 5.56. The standard InChI is InChI=1S/C18H31N5O/c1-15(2)12-23-13-16(11-19-23)18(24)22-9-7-21(8-10-22)17-5-4-6-20(3)14-17/h11,13,15,17H,4-10,12,14H2,1-3H3. The van der Waals surface area contributed by atoms with Crippen molar-refractivity contribution in [3.8, 4) is 0 Å². The number of aromatic nitrogens is 2. The molecule has 2 fully saturated rings. The quantitative estimate of drug-likeness (QED) is 0.835. The zero-order valence-corrected chi connectivity index (χ0v) is 15.3. The Bertz CT molecular complexity index is 547. The lowest BCUT2D eigenvalue weighted by Gasteiger charge is -2.42. The van der Waals surface area contributed by atoms with Crippen molar-refractivity contribution in [3.05, 3.63) is 18.0 Å². The van der Waals surface area contributed by atoms with Gasteiger partial charge in [-0.15, -0.1) is 0 Å². The summed E-state index contributed by atoms with van der Waals surface area (Å²) in [4.78, 5) is 19.7. The zero-order chi connectivity index (χ0) is 17.1. The molecule has 0 saturated carbocycles. The largest absolute Gasteiger partial charge is 0.336 e. The predicted octanol–water partition coefficient (Wildman–Crippen LogP) is 1.39. The van der Waals surface area contributed by atoms with E-state index in [1.807, 2.05) is 15.8 Å². The van der Waals surface area contributed by atoms with Crippen molar-refractivity contribution in [1.82, 2.24) is 24.5 Å². The fourth-order valence-electron chi connectivity index (χ4n) is 3.86. The zero-order valence-electron chi connectivity index (χ0n) is 15.3. The minimum absolute atomic E-state index is 0.130. The number of likely N-dealkylation sites (N-methyl/N-ethyl adjacent to an activating group) is 1. The molecule has 2 aliphatic rings. The molecule has 3 heterocycles. The highest BCUT2D eigenvalue weighted by Gasteiger charge is 2.29. The fourth-order valence-corrected chi connectivity index (χ4v) is 3.86. The summed E-state index contributed by atoms with van der Waals surface area (Å²) in [5, 5.41) is 4.32. The number of amides is 1. The van der Waals surface area contributed by atoms with Crippen molar-refractivity contribution in [2.24, 2.45) is 5.92 Å². The van der Waals surface area contributed by atoms with Gasteiger partial charge in [-0.05, 0) is 32.4 Å². The number of likely N-dealkylation sites (tertiary alicyclic amines) is 1. The van der Waals surface area contributed by atoms with Gasteiger partial charge in [-0.3, -0.25) is 14.4 Å². The van der Waals surface area contributed by atoms with E-state index in [-0.39, 0.29) is 5.91 Å². The number of carbonyl (C=O) groups excluding carboxylic acids is 1. The second-order valence-corrected chi connectivity index (χ2v) is 7.73. The molecule has 0 bridgehead atoms. The second kappa shape index (κ2) is 7.66. The third-order valence-electron chi connectivity index (χ3n) is 5.15. The maximum absolute atomic E-state index is 12.7. The maximum atomic E-state index is 12.7. The highest BCUT2D eigenvalue weighted by Crippen LogP contribution is 2.17. The van der Waals surface area contributed by atoms with E-state index in [0.717, 1.165) is 44.8 Å². The molecule has 24 heavy (non-hydrogen) atoms. The van der Waals surface area contributed by atoms with Crippen LogP contribution in [0.5, 0.6) is 0 Å². The van der Waals surface area contributed by atoms with Crippen molar-refractivity contribution in [2.45, 2.75) is 39.3 Å². The fraction of sp³-hybridized carbons (Fsp3) is 0.778. The number of piperidine rings is 1. The van der Waals surface area contributed by atoms with Crippen LogP contribution in [0.15, 0.2) is 12.4 Å². The van der Waals surface area contributed by atoms with Crippen molar-refractivity contribution in [1.29, 1.82) is 0 Å². The molecule has 0 aliphatic carbocycles. The molecule has 3 rings (SSSR count). The molecule has 2 saturated heterocycles. The van der Waals surface area contributed by atoms with Gasteiger partial charge in [0, 0.05) is 51.5 Å². The Morgan fingerprint density at radius 2 is 2.00 bits per heavy atom. The second-order valence-electron chi connectivity index (χ2n) is 7.73. The van der Waals surface area contributed by atoms with Crippen LogP contribution in [0, 0.1) is 5.92 Å². The first-order chi connectivity index (χ1) is 11.5. The number of hydrogen-bond acceptors (Lipinski definition) is 4. The van der Waals surface area contributed by atoms with Crippen LogP contribution in [0.1, 0.15) is 37.0 Å². The van der Waals surface area contributed by atoms with Gasteiger partial charge in [0.25, 0.3) is 5.91 Å². The summed E-state index contributed by atoms with van der Waals surface area (Å²) in [6.07, 6.45) is 6.19. The predicted molar refractivity (Wildman–Crippen MR) is 95.1 cm³/mol. The van der Waals surface area contributed by atoms with E-state index in [4.69, 9.17) is 0 Å². The Balaban J connectivity index is 1.52. The molecule has 1 aromatic rings. The van der Waals surface area contributed by atoms with E-state index >= 15 is 0 Å². The van der Waals surface area contributed by atoms with Gasteiger partial charge in [-0.25, -0.2) is 0 Å². The van der Waals surface area contributed by atoms with Crippen LogP contribution in [0.2, 0.25) is 0 Å². The maximum Gasteiger partial charge on any atom is 0.257 e. The van der Waals surface area contributed by atoms with Gasteiger partial charge >= 0.3 is 0 Å². The molecule has 2 aliphatic heterocycles. The van der Waals surface area contributed by atoms with Crippen LogP contribution in [0.4, 0.5) is 0 Å². The molecule has 0 radical (unpaired) electrons. The van der Waals surface area contributed by atoms with Crippen molar-refractivity contribution in [3.63, 3.8) is 0 Å². The molecule has 0 N–H and O–H groups in total. The average molecular weight is 333 g/mol. The van der Waals surface area contributed by atoms with Crippen LogP contribution in [-0.2, 0) is 6.54 Å². The molecule has 1 unspecified atom stereocenters. The highest BCUT2D eigenvalue weighted by atomic mass is 16.2. The lowest BCUT2D eigenvalue weighted by atomic mass is 10.0. The topological polar surface area (TPSA) is 44.6 Å². The lowest BCUT2D eigenvalue weighted by Crippen LogP contribution is -2.55. The average Bonchev–Trinajstić information content (AvgIpc) is 3.02. The minimum Gasteiger partial charge on any atom is -0.336 e. The van der Waals surface area contributed by atoms with E-state index in [0.29, 0.717) is 12.0 Å². The third-order valence-corrected chi connectivity index (χ3v) is 5.15. The number of hydrogen-bond donors (Lipinski definition) is 0. The van der Waals surface area contributed by atoms with Crippen LogP contribution >= 0.6 is 0 Å². The lowest BCUT2D eigenvalue weighted by molar-refractivity contribution is 0.0452. The van der Waals surface area contributed by atoms with Gasteiger partial charge in [0.15, 0.2) is 0 Å². The van der Waals surface area contributed by atoms with Gasteiger partial charge in [-0.1, -0.05) is 13.8 Å². The van der Waals surface area contributed by atoms with E-state index < -0.39 is 0 Å². The highest BCUT2D eigenvalue weighted by molar-refractivity contribution is 5.93. The number of rotatable bonds is 4. The molecule has 134 valence electrons. The first-order valence-electron chi connectivity index (χ1n) is 9.27. The van der Waals surface area contributed by atoms with E-state index in [2.05, 4.69) is 35.8 Å². The van der Waals surface area contributed by atoms with Crippen LogP contribution in [0.25, 0.3) is 0 Å². The summed E-state index contributed by atoms with van der Waals surface area (Å²) < 4.78 is 1.88. The monoisotopic (exact) mass is 333 g/mol. The molecule has 6 heteroatoms. The summed E-state index contributed by atoms with van der Waals surface area (Å²) in [6, 6.07) is 0.662. The van der Waals surface area contributed by atoms with E-state index in [1.165, 1.54) is 19.4 Å². The molecule has 1 atom stereocenters. The molecular formula is C18H31N5O. The van der Waals surface area contributed by atoms with Gasteiger partial charge in [-0.2, -0.15) is 5.10 Å². The Hall–Kier alpha value is -1.40. The minimum atomic E-state index is 0.130. The summed E-state index contributed by atoms with van der Waals surface area (Å²) in [6.45, 7) is 11.2. The van der Waals surface area contributed by atoms with Crippen molar-refractivity contribution >= 4 is 5.91 Å². The van der Waals surface area contributed by atoms with Gasteiger partial charge in [0.2, 0.25) is 0 Å². The van der Waals surface area contributed by atoms with Crippen LogP contribution < -0.4 is 0 Å². The van der Waals surface area contributed by atoms with Crippen LogP contribution in [-0.4, -0.2) is 82.7 Å². The van der Waals surface area contributed by atoms with E-state index in [1.54, 1.807) is 6.20 Å². The normalized spacial score (nSPS) is 23.8. The number of nitrogens with zero attached hydrogens (tertiary/aromatic N) is 5. The summed E-state index contributed by atoms with van der Waals surface area (Å²) in [5.41, 5.74) is 0.724.